The summed E-state index contributed by atoms with van der Waals surface area (Å²) in [5.74, 6) is 0.506. The highest BCUT2D eigenvalue weighted by Gasteiger charge is 2.36. The molecule has 0 aromatic rings. The van der Waals surface area contributed by atoms with Crippen molar-refractivity contribution in [1.29, 1.82) is 0 Å². The number of hydrogen-bond acceptors (Lipinski definition) is 2. The van der Waals surface area contributed by atoms with Gasteiger partial charge in [-0.05, 0) is 32.1 Å². The van der Waals surface area contributed by atoms with Crippen molar-refractivity contribution >= 4 is 5.91 Å². The van der Waals surface area contributed by atoms with Crippen LogP contribution in [0.2, 0.25) is 0 Å². The average molecular weight is 224 g/mol. The van der Waals surface area contributed by atoms with Crippen LogP contribution < -0.4 is 5.32 Å². The van der Waals surface area contributed by atoms with Crippen LogP contribution in [0, 0.1) is 5.92 Å². The number of piperidine rings is 1. The molecule has 92 valence electrons. The predicted molar refractivity (Wildman–Crippen MR) is 65.2 cm³/mol. The summed E-state index contributed by atoms with van der Waals surface area (Å²) in [6.45, 7) is 4.12. The summed E-state index contributed by atoms with van der Waals surface area (Å²) in [6, 6.07) is 1.80. The Balaban J connectivity index is 1.94. The molecule has 0 aromatic heterocycles. The number of carbonyl (C=O) groups is 1. The van der Waals surface area contributed by atoms with Crippen molar-refractivity contribution in [2.24, 2.45) is 5.92 Å². The third kappa shape index (κ3) is 2.24. The van der Waals surface area contributed by atoms with Crippen LogP contribution in [0.1, 0.15) is 46.0 Å². The predicted octanol–water partition coefficient (Wildman–Crippen LogP) is 1.77. The molecule has 0 saturated carbocycles. The topological polar surface area (TPSA) is 32.3 Å². The van der Waals surface area contributed by atoms with Gasteiger partial charge in [0.1, 0.15) is 0 Å². The highest BCUT2D eigenvalue weighted by Crippen LogP contribution is 2.29. The van der Waals surface area contributed by atoms with E-state index in [0.29, 0.717) is 24.0 Å². The fourth-order valence-electron chi connectivity index (χ4n) is 3.05. The quantitative estimate of drug-likeness (QED) is 0.792. The van der Waals surface area contributed by atoms with Gasteiger partial charge in [-0.1, -0.05) is 13.8 Å². The fourth-order valence-corrected chi connectivity index (χ4v) is 3.05. The Kier molecular flexibility index (Phi) is 3.53. The second kappa shape index (κ2) is 4.74. The molecule has 2 bridgehead atoms. The second-order valence-corrected chi connectivity index (χ2v) is 5.52. The number of nitrogens with one attached hydrogen (secondary N) is 1. The lowest BCUT2D eigenvalue weighted by Crippen LogP contribution is -2.49. The summed E-state index contributed by atoms with van der Waals surface area (Å²) in [5, 5.41) is 3.62. The molecule has 2 aliphatic rings. The van der Waals surface area contributed by atoms with Gasteiger partial charge in [-0.15, -0.1) is 0 Å². The summed E-state index contributed by atoms with van der Waals surface area (Å²) in [7, 11) is 1.99. The van der Waals surface area contributed by atoms with Crippen LogP contribution in [0.3, 0.4) is 0 Å². The molecular weight excluding hydrogens is 200 g/mol. The zero-order valence-electron chi connectivity index (χ0n) is 10.7. The molecule has 2 fully saturated rings. The van der Waals surface area contributed by atoms with Gasteiger partial charge >= 0.3 is 0 Å². The van der Waals surface area contributed by atoms with Crippen LogP contribution in [-0.4, -0.2) is 36.0 Å². The summed E-state index contributed by atoms with van der Waals surface area (Å²) < 4.78 is 0. The van der Waals surface area contributed by atoms with E-state index in [-0.39, 0.29) is 5.92 Å². The Morgan fingerprint density at radius 1 is 1.38 bits per heavy atom. The third-order valence-corrected chi connectivity index (χ3v) is 4.38. The summed E-state index contributed by atoms with van der Waals surface area (Å²) in [5.41, 5.74) is 0. The Bertz CT molecular complexity index is 255. The molecule has 3 nitrogen and oxygen atoms in total. The van der Waals surface area contributed by atoms with Crippen LogP contribution >= 0.6 is 0 Å². The fraction of sp³-hybridized carbons (Fsp3) is 0.923. The Morgan fingerprint density at radius 3 is 2.44 bits per heavy atom. The van der Waals surface area contributed by atoms with Crippen LogP contribution in [-0.2, 0) is 4.79 Å². The summed E-state index contributed by atoms with van der Waals surface area (Å²) >= 11 is 0. The maximum atomic E-state index is 12.1. The molecule has 3 unspecified atom stereocenters. The van der Waals surface area contributed by atoms with Crippen molar-refractivity contribution in [2.45, 2.75) is 64.1 Å². The molecule has 3 atom stereocenters. The van der Waals surface area contributed by atoms with E-state index in [1.54, 1.807) is 0 Å². The lowest BCUT2D eigenvalue weighted by molar-refractivity contribution is -0.136. The van der Waals surface area contributed by atoms with Crippen LogP contribution in [0.5, 0.6) is 0 Å². The third-order valence-electron chi connectivity index (χ3n) is 4.38. The minimum atomic E-state index is 0.178. The Morgan fingerprint density at radius 2 is 1.94 bits per heavy atom. The molecule has 2 saturated heterocycles. The van der Waals surface area contributed by atoms with Crippen molar-refractivity contribution in [1.82, 2.24) is 10.2 Å². The van der Waals surface area contributed by atoms with E-state index < -0.39 is 0 Å². The number of fused-ring (bicyclic) bond motifs is 2. The Hall–Kier alpha value is -0.570. The number of hydrogen-bond donors (Lipinski definition) is 1. The molecule has 2 aliphatic heterocycles. The molecule has 2 heterocycles. The maximum absolute atomic E-state index is 12.1. The minimum Gasteiger partial charge on any atom is -0.342 e. The van der Waals surface area contributed by atoms with Gasteiger partial charge in [0.05, 0.1) is 0 Å². The largest absolute Gasteiger partial charge is 0.342 e. The molecule has 3 heteroatoms. The highest BCUT2D eigenvalue weighted by molar-refractivity contribution is 5.78. The van der Waals surface area contributed by atoms with Crippen LogP contribution in [0.15, 0.2) is 0 Å². The number of nitrogens with zero attached hydrogens (tertiary/aromatic N) is 1. The molecular formula is C13H24N2O. The molecule has 0 radical (unpaired) electrons. The number of amides is 1. The van der Waals surface area contributed by atoms with E-state index in [9.17, 15) is 4.79 Å². The molecule has 2 rings (SSSR count). The minimum absolute atomic E-state index is 0.178. The zero-order chi connectivity index (χ0) is 11.7. The van der Waals surface area contributed by atoms with Gasteiger partial charge in [-0.3, -0.25) is 4.79 Å². The van der Waals surface area contributed by atoms with Crippen molar-refractivity contribution in [3.63, 3.8) is 0 Å². The first kappa shape index (κ1) is 11.9. The van der Waals surface area contributed by atoms with Crippen LogP contribution in [0.4, 0.5) is 0 Å². The van der Waals surface area contributed by atoms with E-state index in [0.717, 1.165) is 19.3 Å². The Labute approximate surface area is 98.6 Å². The summed E-state index contributed by atoms with van der Waals surface area (Å²) in [4.78, 5) is 14.1. The van der Waals surface area contributed by atoms with Crippen LogP contribution in [0.25, 0.3) is 0 Å². The zero-order valence-corrected chi connectivity index (χ0v) is 10.7. The standard InChI is InChI=1S/C13H24N2O/c1-4-9(2)13(16)15(3)12-7-10-5-6-11(8-12)14-10/h9-12,14H,4-8H2,1-3H3. The van der Waals surface area contributed by atoms with Crippen molar-refractivity contribution in [3.05, 3.63) is 0 Å². The van der Waals surface area contributed by atoms with Crippen molar-refractivity contribution < 1.29 is 4.79 Å². The van der Waals surface area contributed by atoms with Crippen molar-refractivity contribution in [2.75, 3.05) is 7.05 Å². The molecule has 16 heavy (non-hydrogen) atoms. The van der Waals surface area contributed by atoms with E-state index >= 15 is 0 Å². The smallest absolute Gasteiger partial charge is 0.225 e. The van der Waals surface area contributed by atoms with Gasteiger partial charge < -0.3 is 10.2 Å². The monoisotopic (exact) mass is 224 g/mol. The van der Waals surface area contributed by atoms with Gasteiger partial charge in [-0.2, -0.15) is 0 Å². The van der Waals surface area contributed by atoms with Gasteiger partial charge in [0.2, 0.25) is 5.91 Å². The number of carbonyl (C=O) groups excluding carboxylic acids is 1. The van der Waals surface area contributed by atoms with Gasteiger partial charge in [0, 0.05) is 31.1 Å². The second-order valence-electron chi connectivity index (χ2n) is 5.52. The lowest BCUT2D eigenvalue weighted by Gasteiger charge is -2.36. The average Bonchev–Trinajstić information content (AvgIpc) is 2.65. The van der Waals surface area contributed by atoms with Gasteiger partial charge in [0.15, 0.2) is 0 Å². The summed E-state index contributed by atoms with van der Waals surface area (Å²) in [6.07, 6.45) is 5.84. The normalized spacial score (nSPS) is 34.8. The molecule has 0 aromatic carbocycles. The highest BCUT2D eigenvalue weighted by atomic mass is 16.2. The molecule has 0 aliphatic carbocycles. The van der Waals surface area contributed by atoms with E-state index in [2.05, 4.69) is 12.2 Å². The maximum Gasteiger partial charge on any atom is 0.225 e. The van der Waals surface area contributed by atoms with Gasteiger partial charge in [0.25, 0.3) is 0 Å². The first-order chi connectivity index (χ1) is 7.61. The van der Waals surface area contributed by atoms with Gasteiger partial charge in [-0.25, -0.2) is 0 Å². The first-order valence-electron chi connectivity index (χ1n) is 6.64. The SMILES string of the molecule is CCC(C)C(=O)N(C)C1CC2CCC(C1)N2. The van der Waals surface area contributed by atoms with E-state index in [1.165, 1.54) is 12.8 Å². The lowest BCUT2D eigenvalue weighted by atomic mass is 9.97. The van der Waals surface area contributed by atoms with E-state index in [4.69, 9.17) is 0 Å². The van der Waals surface area contributed by atoms with Crippen molar-refractivity contribution in [3.8, 4) is 0 Å². The first-order valence-corrected chi connectivity index (χ1v) is 6.64. The molecule has 1 amide bonds. The molecule has 1 N–H and O–H groups in total. The molecule has 0 spiro atoms. The van der Waals surface area contributed by atoms with E-state index in [1.807, 2.05) is 18.9 Å². The number of rotatable bonds is 3.